The molecule has 0 unspecified atom stereocenters. The van der Waals surface area contributed by atoms with Crippen LogP contribution in [-0.4, -0.2) is 34.1 Å². The van der Waals surface area contributed by atoms with E-state index in [1.807, 2.05) is 4.57 Å². The first-order valence-electron chi connectivity index (χ1n) is 6.95. The van der Waals surface area contributed by atoms with E-state index in [1.54, 1.807) is 6.07 Å². The van der Waals surface area contributed by atoms with Crippen molar-refractivity contribution in [2.45, 2.75) is 25.8 Å². The van der Waals surface area contributed by atoms with Crippen LogP contribution >= 0.6 is 23.8 Å². The maximum Gasteiger partial charge on any atom is 0.178 e. The molecule has 0 spiro atoms. The number of likely N-dealkylation sites (tertiary alicyclic amines) is 1. The number of benzene rings is 1. The molecule has 1 aliphatic rings. The number of nitrogens with one attached hydrogen (secondary N) is 1. The summed E-state index contributed by atoms with van der Waals surface area (Å²) in [7, 11) is 0. The molecular formula is C14H17ClFN3S. The van der Waals surface area contributed by atoms with E-state index in [1.165, 1.54) is 32.0 Å². The normalized spacial score (nSPS) is 16.3. The zero-order valence-electron chi connectivity index (χ0n) is 11.2. The van der Waals surface area contributed by atoms with E-state index < -0.39 is 5.82 Å². The maximum absolute atomic E-state index is 13.4. The van der Waals surface area contributed by atoms with E-state index in [-0.39, 0.29) is 5.02 Å². The number of aryl methyl sites for hydroxylation is 1. The van der Waals surface area contributed by atoms with Crippen LogP contribution in [0.3, 0.4) is 0 Å². The van der Waals surface area contributed by atoms with Crippen molar-refractivity contribution in [3.8, 4) is 0 Å². The first-order chi connectivity index (χ1) is 9.65. The SMILES string of the molecule is Fc1cc2[nH]c(=S)n(CCCN3CCCC3)c2cc1Cl. The lowest BCUT2D eigenvalue weighted by Gasteiger charge is -2.14. The van der Waals surface area contributed by atoms with E-state index in [0.717, 1.165) is 25.0 Å². The number of fused-ring (bicyclic) bond motifs is 1. The van der Waals surface area contributed by atoms with Gasteiger partial charge in [-0.2, -0.15) is 0 Å². The molecule has 3 nitrogen and oxygen atoms in total. The molecule has 0 amide bonds. The van der Waals surface area contributed by atoms with Gasteiger partial charge in [-0.25, -0.2) is 4.39 Å². The van der Waals surface area contributed by atoms with Crippen molar-refractivity contribution in [3.63, 3.8) is 0 Å². The van der Waals surface area contributed by atoms with Crippen molar-refractivity contribution in [2.24, 2.45) is 0 Å². The second kappa shape index (κ2) is 5.84. The predicted octanol–water partition coefficient (Wildman–Crippen LogP) is 3.98. The maximum atomic E-state index is 13.4. The zero-order valence-corrected chi connectivity index (χ0v) is 12.7. The number of hydrogen-bond acceptors (Lipinski definition) is 2. The second-order valence-corrected chi connectivity index (χ2v) is 6.06. The highest BCUT2D eigenvalue weighted by Crippen LogP contribution is 2.23. The van der Waals surface area contributed by atoms with Gasteiger partial charge in [0.2, 0.25) is 0 Å². The first-order valence-corrected chi connectivity index (χ1v) is 7.74. The van der Waals surface area contributed by atoms with E-state index in [0.29, 0.717) is 10.3 Å². The highest BCUT2D eigenvalue weighted by atomic mass is 35.5. The van der Waals surface area contributed by atoms with Crippen LogP contribution in [0.4, 0.5) is 4.39 Å². The number of rotatable bonds is 4. The average Bonchev–Trinajstić information content (AvgIpc) is 3.01. The minimum Gasteiger partial charge on any atom is -0.330 e. The molecule has 2 heterocycles. The fraction of sp³-hybridized carbons (Fsp3) is 0.500. The molecule has 0 bridgehead atoms. The van der Waals surface area contributed by atoms with Gasteiger partial charge in [-0.3, -0.25) is 0 Å². The molecule has 0 saturated carbocycles. The van der Waals surface area contributed by atoms with Gasteiger partial charge in [-0.1, -0.05) is 11.6 Å². The first kappa shape index (κ1) is 14.0. The molecule has 20 heavy (non-hydrogen) atoms. The van der Waals surface area contributed by atoms with E-state index in [9.17, 15) is 4.39 Å². The highest BCUT2D eigenvalue weighted by Gasteiger charge is 2.12. The van der Waals surface area contributed by atoms with Gasteiger partial charge in [0.25, 0.3) is 0 Å². The fourth-order valence-electron chi connectivity index (χ4n) is 2.83. The minimum absolute atomic E-state index is 0.139. The summed E-state index contributed by atoms with van der Waals surface area (Å²) in [6.07, 6.45) is 3.65. The Balaban J connectivity index is 1.78. The molecule has 1 aromatic carbocycles. The molecule has 3 rings (SSSR count). The largest absolute Gasteiger partial charge is 0.330 e. The Labute approximate surface area is 127 Å². The summed E-state index contributed by atoms with van der Waals surface area (Å²) in [6, 6.07) is 3.05. The van der Waals surface area contributed by atoms with Gasteiger partial charge in [0.1, 0.15) is 5.82 Å². The third-order valence-electron chi connectivity index (χ3n) is 3.87. The van der Waals surface area contributed by atoms with Crippen LogP contribution < -0.4 is 0 Å². The molecule has 1 aromatic heterocycles. The second-order valence-electron chi connectivity index (χ2n) is 5.27. The van der Waals surface area contributed by atoms with Gasteiger partial charge in [-0.15, -0.1) is 0 Å². The van der Waals surface area contributed by atoms with Crippen LogP contribution in [0.15, 0.2) is 12.1 Å². The molecular weight excluding hydrogens is 297 g/mol. The van der Waals surface area contributed by atoms with E-state index in [2.05, 4.69) is 9.88 Å². The third kappa shape index (κ3) is 2.75. The van der Waals surface area contributed by atoms with Crippen molar-refractivity contribution in [1.29, 1.82) is 0 Å². The molecule has 0 aliphatic carbocycles. The van der Waals surface area contributed by atoms with Gasteiger partial charge in [0, 0.05) is 12.6 Å². The number of aromatic nitrogens is 2. The van der Waals surface area contributed by atoms with Gasteiger partial charge in [0.15, 0.2) is 4.77 Å². The van der Waals surface area contributed by atoms with Crippen molar-refractivity contribution in [2.75, 3.05) is 19.6 Å². The van der Waals surface area contributed by atoms with Crippen LogP contribution in [0.1, 0.15) is 19.3 Å². The molecule has 1 aliphatic heterocycles. The molecule has 1 N–H and O–H groups in total. The molecule has 1 fully saturated rings. The molecule has 6 heteroatoms. The van der Waals surface area contributed by atoms with Crippen LogP contribution in [0.5, 0.6) is 0 Å². The van der Waals surface area contributed by atoms with Crippen molar-refractivity contribution in [3.05, 3.63) is 27.7 Å². The lowest BCUT2D eigenvalue weighted by molar-refractivity contribution is 0.326. The summed E-state index contributed by atoms with van der Waals surface area (Å²) in [5, 5.41) is 0.139. The van der Waals surface area contributed by atoms with Crippen molar-refractivity contribution >= 4 is 34.9 Å². The number of H-pyrrole nitrogens is 1. The Morgan fingerprint density at radius 3 is 2.75 bits per heavy atom. The summed E-state index contributed by atoms with van der Waals surface area (Å²) in [6.45, 7) is 4.33. The van der Waals surface area contributed by atoms with Crippen LogP contribution in [-0.2, 0) is 6.54 Å². The Morgan fingerprint density at radius 1 is 1.25 bits per heavy atom. The summed E-state index contributed by atoms with van der Waals surface area (Å²) in [4.78, 5) is 5.52. The van der Waals surface area contributed by atoms with Gasteiger partial charge in [0.05, 0.1) is 16.1 Å². The summed E-state index contributed by atoms with van der Waals surface area (Å²) in [5.74, 6) is -0.417. The van der Waals surface area contributed by atoms with Crippen molar-refractivity contribution in [1.82, 2.24) is 14.5 Å². The lowest BCUT2D eigenvalue weighted by atomic mass is 10.3. The molecule has 1 saturated heterocycles. The molecule has 2 aromatic rings. The smallest absolute Gasteiger partial charge is 0.178 e. The number of nitrogens with zero attached hydrogens (tertiary/aromatic N) is 2. The Kier molecular flexibility index (Phi) is 4.10. The van der Waals surface area contributed by atoms with Crippen LogP contribution in [0.25, 0.3) is 11.0 Å². The molecule has 0 radical (unpaired) electrons. The minimum atomic E-state index is -0.417. The predicted molar refractivity (Wildman–Crippen MR) is 82.4 cm³/mol. The third-order valence-corrected chi connectivity index (χ3v) is 4.48. The number of halogens is 2. The zero-order chi connectivity index (χ0) is 14.1. The van der Waals surface area contributed by atoms with Gasteiger partial charge >= 0.3 is 0 Å². The topological polar surface area (TPSA) is 24.0 Å². The quantitative estimate of drug-likeness (QED) is 0.863. The number of aromatic amines is 1. The number of imidazole rings is 1. The standard InChI is InChI=1S/C14H17ClFN3S/c15-10-8-13-12(9-11(10)16)17-14(20)19(13)7-3-6-18-4-1-2-5-18/h8-9H,1-7H2,(H,17,20). The Hall–Kier alpha value is -0.910. The summed E-state index contributed by atoms with van der Waals surface area (Å²) >= 11 is 11.2. The van der Waals surface area contributed by atoms with Crippen LogP contribution in [0.2, 0.25) is 5.02 Å². The molecule has 0 atom stereocenters. The highest BCUT2D eigenvalue weighted by molar-refractivity contribution is 7.71. The summed E-state index contributed by atoms with van der Waals surface area (Å²) < 4.78 is 16.1. The van der Waals surface area contributed by atoms with E-state index in [4.69, 9.17) is 23.8 Å². The number of hydrogen-bond donors (Lipinski definition) is 1. The van der Waals surface area contributed by atoms with E-state index >= 15 is 0 Å². The Morgan fingerprint density at radius 2 is 2.00 bits per heavy atom. The Bertz CT molecular complexity index is 673. The van der Waals surface area contributed by atoms with Crippen LogP contribution in [0, 0.1) is 10.6 Å². The lowest BCUT2D eigenvalue weighted by Crippen LogP contribution is -2.21. The van der Waals surface area contributed by atoms with Gasteiger partial charge < -0.3 is 14.5 Å². The van der Waals surface area contributed by atoms with Gasteiger partial charge in [-0.05, 0) is 57.2 Å². The molecule has 108 valence electrons. The fourth-order valence-corrected chi connectivity index (χ4v) is 3.29. The monoisotopic (exact) mass is 313 g/mol. The van der Waals surface area contributed by atoms with Crippen molar-refractivity contribution < 1.29 is 4.39 Å². The summed E-state index contributed by atoms with van der Waals surface area (Å²) in [5.41, 5.74) is 1.58. The average molecular weight is 314 g/mol.